The standard InChI is InChI=1S/C11H14ClNO3/c1-7-5-13(6-8(2)15-7)11(14)9-3-4-10(12)16-9/h3-4,7-8H,5-6H2,1-2H3. The van der Waals surface area contributed by atoms with Crippen molar-refractivity contribution in [3.05, 3.63) is 23.1 Å². The monoisotopic (exact) mass is 243 g/mol. The molecule has 2 rings (SSSR count). The number of halogens is 1. The zero-order valence-corrected chi connectivity index (χ0v) is 10.0. The van der Waals surface area contributed by atoms with Gasteiger partial charge in [0.2, 0.25) is 0 Å². The van der Waals surface area contributed by atoms with Crippen LogP contribution in [0.15, 0.2) is 16.5 Å². The van der Waals surface area contributed by atoms with E-state index < -0.39 is 0 Å². The van der Waals surface area contributed by atoms with Crippen LogP contribution in [0.2, 0.25) is 5.22 Å². The lowest BCUT2D eigenvalue weighted by molar-refractivity contribution is -0.0592. The van der Waals surface area contributed by atoms with Gasteiger partial charge in [-0.2, -0.15) is 0 Å². The minimum Gasteiger partial charge on any atom is -0.440 e. The highest BCUT2D eigenvalue weighted by atomic mass is 35.5. The molecular formula is C11H14ClNO3. The maximum Gasteiger partial charge on any atom is 0.289 e. The van der Waals surface area contributed by atoms with Crippen molar-refractivity contribution in [1.29, 1.82) is 0 Å². The van der Waals surface area contributed by atoms with Crippen molar-refractivity contribution in [2.45, 2.75) is 26.1 Å². The molecule has 0 N–H and O–H groups in total. The van der Waals surface area contributed by atoms with Crippen LogP contribution in [0.3, 0.4) is 0 Å². The predicted octanol–water partition coefficient (Wildman–Crippen LogP) is 2.18. The summed E-state index contributed by atoms with van der Waals surface area (Å²) in [6.45, 7) is 5.07. The molecule has 88 valence electrons. The van der Waals surface area contributed by atoms with Crippen LogP contribution in [-0.4, -0.2) is 36.1 Å². The van der Waals surface area contributed by atoms with E-state index in [4.69, 9.17) is 20.8 Å². The zero-order valence-electron chi connectivity index (χ0n) is 9.27. The number of nitrogens with zero attached hydrogens (tertiary/aromatic N) is 1. The number of rotatable bonds is 1. The van der Waals surface area contributed by atoms with Gasteiger partial charge in [-0.3, -0.25) is 4.79 Å². The molecule has 5 heteroatoms. The van der Waals surface area contributed by atoms with Crippen LogP contribution in [0.5, 0.6) is 0 Å². The van der Waals surface area contributed by atoms with E-state index in [1.165, 1.54) is 0 Å². The number of ether oxygens (including phenoxy) is 1. The molecule has 1 saturated heterocycles. The first kappa shape index (κ1) is 11.5. The van der Waals surface area contributed by atoms with E-state index in [2.05, 4.69) is 0 Å². The first-order valence-corrected chi connectivity index (χ1v) is 5.64. The van der Waals surface area contributed by atoms with Crippen molar-refractivity contribution in [3.63, 3.8) is 0 Å². The Morgan fingerprint density at radius 3 is 2.50 bits per heavy atom. The van der Waals surface area contributed by atoms with Gasteiger partial charge in [-0.15, -0.1) is 0 Å². The van der Waals surface area contributed by atoms with Crippen LogP contribution in [0, 0.1) is 0 Å². The Morgan fingerprint density at radius 2 is 2.00 bits per heavy atom. The summed E-state index contributed by atoms with van der Waals surface area (Å²) in [5, 5.41) is 0.234. The highest BCUT2D eigenvalue weighted by Gasteiger charge is 2.28. The molecule has 1 amide bonds. The van der Waals surface area contributed by atoms with Gasteiger partial charge >= 0.3 is 0 Å². The number of hydrogen-bond acceptors (Lipinski definition) is 3. The average molecular weight is 244 g/mol. The summed E-state index contributed by atoms with van der Waals surface area (Å²) in [5.41, 5.74) is 0. The van der Waals surface area contributed by atoms with Gasteiger partial charge in [-0.05, 0) is 37.6 Å². The summed E-state index contributed by atoms with van der Waals surface area (Å²) in [6, 6.07) is 3.16. The molecule has 2 heterocycles. The Labute approximate surface area is 99.1 Å². The number of carbonyl (C=O) groups excluding carboxylic acids is 1. The van der Waals surface area contributed by atoms with E-state index in [1.54, 1.807) is 17.0 Å². The lowest BCUT2D eigenvalue weighted by Crippen LogP contribution is -2.48. The smallest absolute Gasteiger partial charge is 0.289 e. The second-order valence-corrected chi connectivity index (χ2v) is 4.44. The SMILES string of the molecule is CC1CN(C(=O)c2ccc(Cl)o2)CC(C)O1. The van der Waals surface area contributed by atoms with Crippen LogP contribution >= 0.6 is 11.6 Å². The molecule has 16 heavy (non-hydrogen) atoms. The minimum atomic E-state index is -0.131. The Kier molecular flexibility index (Phi) is 3.21. The van der Waals surface area contributed by atoms with E-state index >= 15 is 0 Å². The molecule has 0 spiro atoms. The molecule has 1 aliphatic rings. The van der Waals surface area contributed by atoms with Gasteiger partial charge < -0.3 is 14.1 Å². The molecular weight excluding hydrogens is 230 g/mol. The summed E-state index contributed by atoms with van der Waals surface area (Å²) >= 11 is 5.64. The third kappa shape index (κ3) is 2.39. The maximum atomic E-state index is 12.0. The zero-order chi connectivity index (χ0) is 11.7. The maximum absolute atomic E-state index is 12.0. The quantitative estimate of drug-likeness (QED) is 0.759. The predicted molar refractivity (Wildman–Crippen MR) is 59.6 cm³/mol. The minimum absolute atomic E-state index is 0.0538. The molecule has 0 aromatic carbocycles. The van der Waals surface area contributed by atoms with Crippen molar-refractivity contribution in [3.8, 4) is 0 Å². The van der Waals surface area contributed by atoms with Gasteiger partial charge in [0.05, 0.1) is 12.2 Å². The first-order chi connectivity index (χ1) is 7.56. The third-order valence-corrected chi connectivity index (χ3v) is 2.69. The van der Waals surface area contributed by atoms with E-state index in [0.717, 1.165) is 0 Å². The van der Waals surface area contributed by atoms with E-state index in [0.29, 0.717) is 13.1 Å². The molecule has 2 atom stereocenters. The van der Waals surface area contributed by atoms with Gasteiger partial charge in [0.15, 0.2) is 11.0 Å². The largest absolute Gasteiger partial charge is 0.440 e. The van der Waals surface area contributed by atoms with Gasteiger partial charge in [0, 0.05) is 13.1 Å². The molecule has 1 fully saturated rings. The molecule has 0 bridgehead atoms. The summed E-state index contributed by atoms with van der Waals surface area (Å²) in [7, 11) is 0. The van der Waals surface area contributed by atoms with Crippen LogP contribution in [0.25, 0.3) is 0 Å². The normalized spacial score (nSPS) is 25.8. The van der Waals surface area contributed by atoms with Crippen molar-refractivity contribution in [2.75, 3.05) is 13.1 Å². The fraction of sp³-hybridized carbons (Fsp3) is 0.545. The second-order valence-electron chi connectivity index (χ2n) is 4.07. The van der Waals surface area contributed by atoms with Gasteiger partial charge in [-0.1, -0.05) is 0 Å². The number of hydrogen-bond donors (Lipinski definition) is 0. The van der Waals surface area contributed by atoms with Crippen molar-refractivity contribution >= 4 is 17.5 Å². The fourth-order valence-corrected chi connectivity index (χ4v) is 2.07. The number of furan rings is 1. The molecule has 2 unspecified atom stereocenters. The summed E-state index contributed by atoms with van der Waals surface area (Å²) < 4.78 is 10.7. The van der Waals surface area contributed by atoms with Gasteiger partial charge in [0.25, 0.3) is 5.91 Å². The molecule has 4 nitrogen and oxygen atoms in total. The first-order valence-electron chi connectivity index (χ1n) is 5.26. The Bertz CT molecular complexity index is 380. The molecule has 1 aromatic heterocycles. The second kappa shape index (κ2) is 4.47. The van der Waals surface area contributed by atoms with Crippen LogP contribution in [0.1, 0.15) is 24.4 Å². The summed E-state index contributed by atoms with van der Waals surface area (Å²) in [6.07, 6.45) is 0.108. The summed E-state index contributed by atoms with van der Waals surface area (Å²) in [4.78, 5) is 13.8. The molecule has 0 radical (unpaired) electrons. The van der Waals surface area contributed by atoms with Crippen LogP contribution in [0.4, 0.5) is 0 Å². The van der Waals surface area contributed by atoms with Gasteiger partial charge in [0.1, 0.15) is 0 Å². The topological polar surface area (TPSA) is 42.7 Å². The molecule has 0 aliphatic carbocycles. The number of carbonyl (C=O) groups is 1. The third-order valence-electron chi connectivity index (χ3n) is 2.49. The number of amides is 1. The van der Waals surface area contributed by atoms with Crippen LogP contribution in [-0.2, 0) is 4.74 Å². The van der Waals surface area contributed by atoms with Crippen molar-refractivity contribution < 1.29 is 13.9 Å². The Morgan fingerprint density at radius 1 is 1.38 bits per heavy atom. The Balaban J connectivity index is 2.09. The van der Waals surface area contributed by atoms with E-state index in [1.807, 2.05) is 13.8 Å². The molecule has 1 aromatic rings. The highest BCUT2D eigenvalue weighted by molar-refractivity contribution is 6.29. The Hall–Kier alpha value is -1.00. The average Bonchev–Trinajstić information content (AvgIpc) is 2.62. The van der Waals surface area contributed by atoms with Gasteiger partial charge in [-0.25, -0.2) is 0 Å². The molecule has 1 aliphatic heterocycles. The van der Waals surface area contributed by atoms with E-state index in [-0.39, 0.29) is 29.1 Å². The number of morpholine rings is 1. The fourth-order valence-electron chi connectivity index (χ4n) is 1.93. The van der Waals surface area contributed by atoms with E-state index in [9.17, 15) is 4.79 Å². The van der Waals surface area contributed by atoms with Crippen molar-refractivity contribution in [2.24, 2.45) is 0 Å². The molecule has 0 saturated carbocycles. The lowest BCUT2D eigenvalue weighted by atomic mass is 10.2. The van der Waals surface area contributed by atoms with Crippen LogP contribution < -0.4 is 0 Å². The lowest BCUT2D eigenvalue weighted by Gasteiger charge is -2.34. The highest BCUT2D eigenvalue weighted by Crippen LogP contribution is 2.18. The van der Waals surface area contributed by atoms with Crippen molar-refractivity contribution in [1.82, 2.24) is 4.90 Å². The summed E-state index contributed by atoms with van der Waals surface area (Å²) in [5.74, 6) is 0.153.